The van der Waals surface area contributed by atoms with Gasteiger partial charge in [0.25, 0.3) is 5.69 Å². The van der Waals surface area contributed by atoms with E-state index in [1.807, 2.05) is 6.92 Å². The van der Waals surface area contributed by atoms with Gasteiger partial charge in [0.15, 0.2) is 0 Å². The zero-order valence-corrected chi connectivity index (χ0v) is 11.6. The lowest BCUT2D eigenvalue weighted by Crippen LogP contribution is -2.15. The molecule has 1 aromatic carbocycles. The Hall–Kier alpha value is -1.83. The fourth-order valence-corrected chi connectivity index (χ4v) is 1.93. The maximum atomic E-state index is 11.5. The SMILES string of the molecule is CCCOc1cc([N+](=O)[O-])ccc1NS(=O)(=O)CC. The van der Waals surface area contributed by atoms with Crippen LogP contribution in [0.25, 0.3) is 0 Å². The van der Waals surface area contributed by atoms with Gasteiger partial charge in [0.1, 0.15) is 5.75 Å². The number of nitrogens with one attached hydrogen (secondary N) is 1. The molecule has 0 aromatic heterocycles. The number of ether oxygens (including phenoxy) is 1. The van der Waals surface area contributed by atoms with Crippen molar-refractivity contribution >= 4 is 21.4 Å². The van der Waals surface area contributed by atoms with E-state index in [0.717, 1.165) is 0 Å². The highest BCUT2D eigenvalue weighted by Crippen LogP contribution is 2.30. The van der Waals surface area contributed by atoms with Gasteiger partial charge in [-0.25, -0.2) is 8.42 Å². The van der Waals surface area contributed by atoms with Crippen LogP contribution in [0.2, 0.25) is 0 Å². The van der Waals surface area contributed by atoms with Crippen molar-refractivity contribution in [3.8, 4) is 5.75 Å². The van der Waals surface area contributed by atoms with E-state index < -0.39 is 14.9 Å². The van der Waals surface area contributed by atoms with Gasteiger partial charge in [0.05, 0.1) is 29.0 Å². The largest absolute Gasteiger partial charge is 0.491 e. The minimum absolute atomic E-state index is 0.0861. The first kappa shape index (κ1) is 15.2. The van der Waals surface area contributed by atoms with Crippen molar-refractivity contribution < 1.29 is 18.1 Å². The Labute approximate surface area is 111 Å². The number of rotatable bonds is 7. The number of hydrogen-bond donors (Lipinski definition) is 1. The summed E-state index contributed by atoms with van der Waals surface area (Å²) in [6.45, 7) is 3.73. The Bertz CT molecular complexity index is 556. The second-order valence-electron chi connectivity index (χ2n) is 3.79. The lowest BCUT2D eigenvalue weighted by molar-refractivity contribution is -0.384. The molecule has 8 heteroatoms. The first-order chi connectivity index (χ1) is 8.89. The molecule has 0 atom stereocenters. The molecule has 19 heavy (non-hydrogen) atoms. The van der Waals surface area contributed by atoms with Crippen molar-refractivity contribution in [2.75, 3.05) is 17.1 Å². The molecule has 0 spiro atoms. The van der Waals surface area contributed by atoms with Crippen LogP contribution in [0.1, 0.15) is 20.3 Å². The summed E-state index contributed by atoms with van der Waals surface area (Å²) in [6.07, 6.45) is 0.711. The van der Waals surface area contributed by atoms with E-state index >= 15 is 0 Å². The molecule has 0 saturated heterocycles. The van der Waals surface area contributed by atoms with Gasteiger partial charge >= 0.3 is 0 Å². The van der Waals surface area contributed by atoms with Crippen LogP contribution in [-0.2, 0) is 10.0 Å². The van der Waals surface area contributed by atoms with E-state index in [9.17, 15) is 18.5 Å². The molecule has 0 radical (unpaired) electrons. The smallest absolute Gasteiger partial charge is 0.273 e. The molecule has 0 saturated carbocycles. The fourth-order valence-electron chi connectivity index (χ4n) is 1.28. The molecule has 106 valence electrons. The third-order valence-corrected chi connectivity index (χ3v) is 3.57. The van der Waals surface area contributed by atoms with Crippen LogP contribution in [0.3, 0.4) is 0 Å². The summed E-state index contributed by atoms with van der Waals surface area (Å²) in [7, 11) is -3.45. The average molecular weight is 288 g/mol. The van der Waals surface area contributed by atoms with Crippen molar-refractivity contribution in [1.29, 1.82) is 0 Å². The Morgan fingerprint density at radius 2 is 2.05 bits per heavy atom. The van der Waals surface area contributed by atoms with Gasteiger partial charge < -0.3 is 4.74 Å². The molecule has 7 nitrogen and oxygen atoms in total. The molecule has 0 unspecified atom stereocenters. The van der Waals surface area contributed by atoms with Crippen LogP contribution in [0.5, 0.6) is 5.75 Å². The average Bonchev–Trinajstić information content (AvgIpc) is 2.37. The van der Waals surface area contributed by atoms with Gasteiger partial charge in [-0.15, -0.1) is 0 Å². The standard InChI is InChI=1S/C11H16N2O5S/c1-3-7-18-11-8-9(13(14)15)5-6-10(11)12-19(16,17)4-2/h5-6,8,12H,3-4,7H2,1-2H3. The van der Waals surface area contributed by atoms with Gasteiger partial charge in [0, 0.05) is 6.07 Å². The Kier molecular flexibility index (Phi) is 5.11. The lowest BCUT2D eigenvalue weighted by Gasteiger charge is -2.12. The number of benzene rings is 1. The van der Waals surface area contributed by atoms with Gasteiger partial charge in [0.2, 0.25) is 10.0 Å². The van der Waals surface area contributed by atoms with Crippen LogP contribution in [0.15, 0.2) is 18.2 Å². The van der Waals surface area contributed by atoms with Gasteiger partial charge in [-0.05, 0) is 19.4 Å². The topological polar surface area (TPSA) is 98.5 Å². The second-order valence-corrected chi connectivity index (χ2v) is 5.80. The zero-order valence-electron chi connectivity index (χ0n) is 10.8. The highest BCUT2D eigenvalue weighted by atomic mass is 32.2. The monoisotopic (exact) mass is 288 g/mol. The molecule has 0 aliphatic heterocycles. The van der Waals surface area contributed by atoms with Crippen molar-refractivity contribution in [3.63, 3.8) is 0 Å². The number of nitro benzene ring substituents is 1. The quantitative estimate of drug-likeness (QED) is 0.612. The lowest BCUT2D eigenvalue weighted by atomic mass is 10.2. The summed E-state index contributed by atoms with van der Waals surface area (Å²) in [4.78, 5) is 10.1. The molecule has 0 fully saturated rings. The summed E-state index contributed by atoms with van der Waals surface area (Å²) in [5.41, 5.74) is 0.0615. The molecule has 1 rings (SSSR count). The first-order valence-corrected chi connectivity index (χ1v) is 7.46. The van der Waals surface area contributed by atoms with Crippen molar-refractivity contribution in [2.45, 2.75) is 20.3 Å². The van der Waals surface area contributed by atoms with Crippen LogP contribution >= 0.6 is 0 Å². The Balaban J connectivity index is 3.11. The van der Waals surface area contributed by atoms with E-state index in [4.69, 9.17) is 4.74 Å². The number of anilines is 1. The predicted molar refractivity (Wildman–Crippen MR) is 72.0 cm³/mol. The van der Waals surface area contributed by atoms with Crippen molar-refractivity contribution in [2.24, 2.45) is 0 Å². The van der Waals surface area contributed by atoms with Crippen molar-refractivity contribution in [3.05, 3.63) is 28.3 Å². The number of nitrogens with zero attached hydrogens (tertiary/aromatic N) is 1. The minimum atomic E-state index is -3.45. The number of hydrogen-bond acceptors (Lipinski definition) is 5. The van der Waals surface area contributed by atoms with Crippen LogP contribution in [0.4, 0.5) is 11.4 Å². The molecule has 1 N–H and O–H groups in total. The van der Waals surface area contributed by atoms with E-state index in [0.29, 0.717) is 13.0 Å². The molecule has 0 amide bonds. The van der Waals surface area contributed by atoms with Crippen LogP contribution in [-0.4, -0.2) is 25.7 Å². The summed E-state index contributed by atoms with van der Waals surface area (Å²) in [5.74, 6) is 0.0741. The van der Waals surface area contributed by atoms with Crippen LogP contribution < -0.4 is 9.46 Å². The van der Waals surface area contributed by atoms with E-state index in [2.05, 4.69) is 4.72 Å². The predicted octanol–water partition coefficient (Wildman–Crippen LogP) is 2.15. The second kappa shape index (κ2) is 6.37. The Morgan fingerprint density at radius 1 is 1.37 bits per heavy atom. The third-order valence-electron chi connectivity index (χ3n) is 2.28. The summed E-state index contributed by atoms with van der Waals surface area (Å²) in [6, 6.07) is 3.77. The fraction of sp³-hybridized carbons (Fsp3) is 0.455. The molecule has 1 aromatic rings. The third kappa shape index (κ3) is 4.40. The summed E-state index contributed by atoms with van der Waals surface area (Å²) >= 11 is 0. The normalized spacial score (nSPS) is 11.1. The van der Waals surface area contributed by atoms with Gasteiger partial charge in [-0.3, -0.25) is 14.8 Å². The van der Waals surface area contributed by atoms with E-state index in [1.54, 1.807) is 0 Å². The van der Waals surface area contributed by atoms with E-state index in [-0.39, 0.29) is 22.9 Å². The van der Waals surface area contributed by atoms with E-state index in [1.165, 1.54) is 25.1 Å². The molecular formula is C11H16N2O5S. The van der Waals surface area contributed by atoms with Gasteiger partial charge in [-0.1, -0.05) is 6.92 Å². The number of sulfonamides is 1. The highest BCUT2D eigenvalue weighted by molar-refractivity contribution is 7.92. The first-order valence-electron chi connectivity index (χ1n) is 5.81. The zero-order chi connectivity index (χ0) is 14.5. The maximum Gasteiger partial charge on any atom is 0.273 e. The number of non-ortho nitro benzene ring substituents is 1. The van der Waals surface area contributed by atoms with Crippen molar-refractivity contribution in [1.82, 2.24) is 0 Å². The maximum absolute atomic E-state index is 11.5. The molecule has 0 bridgehead atoms. The van der Waals surface area contributed by atoms with Gasteiger partial charge in [-0.2, -0.15) is 0 Å². The molecule has 0 aliphatic rings. The highest BCUT2D eigenvalue weighted by Gasteiger charge is 2.15. The summed E-state index contributed by atoms with van der Waals surface area (Å²) in [5, 5.41) is 10.7. The molecular weight excluding hydrogens is 272 g/mol. The van der Waals surface area contributed by atoms with Crippen LogP contribution in [0, 0.1) is 10.1 Å². The molecule has 0 aliphatic carbocycles. The Morgan fingerprint density at radius 3 is 2.58 bits per heavy atom. The summed E-state index contributed by atoms with van der Waals surface area (Å²) < 4.78 is 30.7. The molecule has 0 heterocycles. The number of nitro groups is 1. The minimum Gasteiger partial charge on any atom is -0.491 e.